The van der Waals surface area contributed by atoms with Gasteiger partial charge in [0, 0.05) is 0 Å². The van der Waals surface area contributed by atoms with Gasteiger partial charge >= 0.3 is 0 Å². The lowest BCUT2D eigenvalue weighted by molar-refractivity contribution is 0.216. The lowest BCUT2D eigenvalue weighted by Gasteiger charge is -2.43. The van der Waals surface area contributed by atoms with Crippen LogP contribution in [0.2, 0.25) is 0 Å². The number of aryl methyl sites for hydroxylation is 1. The van der Waals surface area contributed by atoms with Crippen LogP contribution in [0.1, 0.15) is 75.5 Å². The molecule has 0 spiro atoms. The normalized spacial score (nSPS) is 38.7. The maximum atomic E-state index is 2.59. The average molecular weight is 268 g/mol. The molecule has 20 heavy (non-hydrogen) atoms. The van der Waals surface area contributed by atoms with E-state index >= 15 is 0 Å². The van der Waals surface area contributed by atoms with Gasteiger partial charge in [-0.25, -0.2) is 0 Å². The fraction of sp³-hybridized carbons (Fsp3) is 0.700. The van der Waals surface area contributed by atoms with Gasteiger partial charge in [0.2, 0.25) is 0 Å². The molecule has 1 aromatic carbocycles. The monoisotopic (exact) mass is 268 g/mol. The van der Waals surface area contributed by atoms with E-state index in [4.69, 9.17) is 0 Å². The Balaban J connectivity index is 1.77. The third-order valence-corrected chi connectivity index (χ3v) is 6.72. The SMILES string of the molecule is CC(C)c1ccc2c(c1)CCC1C3C[C@H]3CCC[C@]21C. The molecular weight excluding hydrogens is 240 g/mol. The minimum absolute atomic E-state index is 0.485. The minimum Gasteiger partial charge on any atom is -0.0587 e. The molecule has 2 saturated carbocycles. The quantitative estimate of drug-likeness (QED) is 0.635. The van der Waals surface area contributed by atoms with Crippen LogP contribution in [-0.4, -0.2) is 0 Å². The summed E-state index contributed by atoms with van der Waals surface area (Å²) in [5, 5.41) is 0. The highest BCUT2D eigenvalue weighted by Gasteiger charge is 2.53. The van der Waals surface area contributed by atoms with E-state index < -0.39 is 0 Å². The van der Waals surface area contributed by atoms with Crippen LogP contribution in [0.15, 0.2) is 18.2 Å². The summed E-state index contributed by atoms with van der Waals surface area (Å²) in [6, 6.07) is 7.43. The summed E-state index contributed by atoms with van der Waals surface area (Å²) in [5.74, 6) is 3.80. The zero-order valence-electron chi connectivity index (χ0n) is 13.3. The van der Waals surface area contributed by atoms with E-state index in [-0.39, 0.29) is 0 Å². The van der Waals surface area contributed by atoms with Gasteiger partial charge in [-0.3, -0.25) is 0 Å². The summed E-state index contributed by atoms with van der Waals surface area (Å²) in [5.41, 5.74) is 5.41. The predicted molar refractivity (Wildman–Crippen MR) is 85.1 cm³/mol. The molecule has 3 aliphatic rings. The molecule has 0 amide bonds. The number of hydrogen-bond acceptors (Lipinski definition) is 0. The molecule has 0 aliphatic heterocycles. The van der Waals surface area contributed by atoms with Crippen molar-refractivity contribution in [2.45, 2.75) is 70.6 Å². The number of hydrogen-bond donors (Lipinski definition) is 0. The third-order valence-electron chi connectivity index (χ3n) is 6.72. The molecule has 0 N–H and O–H groups in total. The highest BCUT2D eigenvalue weighted by molar-refractivity contribution is 5.41. The first-order valence-corrected chi connectivity index (χ1v) is 8.73. The second kappa shape index (κ2) is 4.36. The van der Waals surface area contributed by atoms with Crippen LogP contribution in [-0.2, 0) is 11.8 Å². The molecule has 2 fully saturated rings. The van der Waals surface area contributed by atoms with Crippen molar-refractivity contribution in [2.24, 2.45) is 17.8 Å². The number of fused-ring (bicyclic) bond motifs is 5. The first-order valence-electron chi connectivity index (χ1n) is 8.73. The van der Waals surface area contributed by atoms with Gasteiger partial charge in [-0.1, -0.05) is 51.8 Å². The Hall–Kier alpha value is -0.780. The summed E-state index contributed by atoms with van der Waals surface area (Å²) in [7, 11) is 0. The molecule has 3 aliphatic carbocycles. The number of rotatable bonds is 1. The van der Waals surface area contributed by atoms with Crippen LogP contribution >= 0.6 is 0 Å². The maximum absolute atomic E-state index is 2.59. The van der Waals surface area contributed by atoms with Gasteiger partial charge in [0.15, 0.2) is 0 Å². The largest absolute Gasteiger partial charge is 0.0587 e. The first kappa shape index (κ1) is 12.9. The summed E-state index contributed by atoms with van der Waals surface area (Å²) >= 11 is 0. The Bertz CT molecular complexity index is 527. The van der Waals surface area contributed by atoms with Crippen molar-refractivity contribution in [3.05, 3.63) is 34.9 Å². The summed E-state index contributed by atoms with van der Waals surface area (Å²) in [6.45, 7) is 7.22. The van der Waals surface area contributed by atoms with Gasteiger partial charge in [-0.2, -0.15) is 0 Å². The summed E-state index contributed by atoms with van der Waals surface area (Å²) in [6.07, 6.45) is 8.72. The average Bonchev–Trinajstić information content (AvgIpc) is 3.17. The Morgan fingerprint density at radius 3 is 2.85 bits per heavy atom. The Morgan fingerprint density at radius 2 is 2.05 bits per heavy atom. The van der Waals surface area contributed by atoms with Gasteiger partial charge in [-0.15, -0.1) is 0 Å². The first-order chi connectivity index (χ1) is 9.59. The van der Waals surface area contributed by atoms with Gasteiger partial charge < -0.3 is 0 Å². The standard InChI is InChI=1S/C20H28/c1-13(2)14-6-8-18-16(11-14)7-9-19-17-12-15(17)5-4-10-20(18,19)3/h6,8,11,13,15,17,19H,4-5,7,9-10,12H2,1-3H3/t15-,17?,19?,20-/m1/s1. The molecule has 0 bridgehead atoms. The van der Waals surface area contributed by atoms with E-state index in [1.165, 1.54) is 37.7 Å². The summed E-state index contributed by atoms with van der Waals surface area (Å²) in [4.78, 5) is 0. The van der Waals surface area contributed by atoms with Gasteiger partial charge in [-0.05, 0) is 71.5 Å². The van der Waals surface area contributed by atoms with Crippen molar-refractivity contribution in [2.75, 3.05) is 0 Å². The van der Waals surface area contributed by atoms with Crippen LogP contribution in [0.5, 0.6) is 0 Å². The van der Waals surface area contributed by atoms with E-state index in [1.807, 2.05) is 0 Å². The molecule has 0 aromatic heterocycles. The van der Waals surface area contributed by atoms with Gasteiger partial charge in [0.05, 0.1) is 0 Å². The lowest BCUT2D eigenvalue weighted by atomic mass is 9.61. The van der Waals surface area contributed by atoms with E-state index in [0.717, 1.165) is 17.8 Å². The van der Waals surface area contributed by atoms with Crippen molar-refractivity contribution in [1.29, 1.82) is 0 Å². The van der Waals surface area contributed by atoms with Crippen LogP contribution in [0.3, 0.4) is 0 Å². The van der Waals surface area contributed by atoms with Crippen molar-refractivity contribution >= 4 is 0 Å². The molecule has 4 rings (SSSR count). The molecule has 108 valence electrons. The number of benzene rings is 1. The minimum atomic E-state index is 0.485. The second-order valence-corrected chi connectivity index (χ2v) is 8.19. The third kappa shape index (κ3) is 1.80. The van der Waals surface area contributed by atoms with Crippen molar-refractivity contribution in [3.8, 4) is 0 Å². The highest BCUT2D eigenvalue weighted by Crippen LogP contribution is 2.61. The zero-order chi connectivity index (χ0) is 13.9. The van der Waals surface area contributed by atoms with E-state index in [1.54, 1.807) is 17.5 Å². The fourth-order valence-electron chi connectivity index (χ4n) is 5.40. The van der Waals surface area contributed by atoms with Crippen molar-refractivity contribution in [1.82, 2.24) is 0 Å². The fourth-order valence-corrected chi connectivity index (χ4v) is 5.40. The van der Waals surface area contributed by atoms with Crippen LogP contribution < -0.4 is 0 Å². The topological polar surface area (TPSA) is 0 Å². The van der Waals surface area contributed by atoms with Crippen molar-refractivity contribution in [3.63, 3.8) is 0 Å². The molecule has 4 atom stereocenters. The molecule has 0 heterocycles. The van der Waals surface area contributed by atoms with Crippen LogP contribution in [0, 0.1) is 17.8 Å². The smallest absolute Gasteiger partial charge is 0.00414 e. The van der Waals surface area contributed by atoms with Crippen LogP contribution in [0.25, 0.3) is 0 Å². The van der Waals surface area contributed by atoms with Gasteiger partial charge in [0.1, 0.15) is 0 Å². The second-order valence-electron chi connectivity index (χ2n) is 8.19. The van der Waals surface area contributed by atoms with Gasteiger partial charge in [0.25, 0.3) is 0 Å². The summed E-state index contributed by atoms with van der Waals surface area (Å²) < 4.78 is 0. The molecular formula is C20H28. The lowest BCUT2D eigenvalue weighted by Crippen LogP contribution is -2.37. The highest BCUT2D eigenvalue weighted by atomic mass is 14.6. The molecule has 0 heteroatoms. The molecule has 0 nitrogen and oxygen atoms in total. The van der Waals surface area contributed by atoms with E-state index in [9.17, 15) is 0 Å². The predicted octanol–water partition coefficient (Wildman–Crippen LogP) is 5.45. The van der Waals surface area contributed by atoms with Crippen molar-refractivity contribution < 1.29 is 0 Å². The molecule has 0 saturated heterocycles. The van der Waals surface area contributed by atoms with E-state index in [0.29, 0.717) is 11.3 Å². The maximum Gasteiger partial charge on any atom is -0.00414 e. The Kier molecular flexibility index (Phi) is 2.81. The van der Waals surface area contributed by atoms with Crippen LogP contribution in [0.4, 0.5) is 0 Å². The zero-order valence-corrected chi connectivity index (χ0v) is 13.3. The molecule has 2 unspecified atom stereocenters. The Morgan fingerprint density at radius 1 is 1.20 bits per heavy atom. The molecule has 1 aromatic rings. The Labute approximate surface area is 124 Å². The molecule has 0 radical (unpaired) electrons. The van der Waals surface area contributed by atoms with E-state index in [2.05, 4.69) is 39.0 Å².